The van der Waals surface area contributed by atoms with Crippen LogP contribution >= 0.6 is 11.3 Å². The molecule has 1 unspecified atom stereocenters. The normalized spacial score (nSPS) is 20.9. The first-order chi connectivity index (χ1) is 11.6. The molecule has 128 valence electrons. The monoisotopic (exact) mass is 345 g/mol. The van der Waals surface area contributed by atoms with Crippen LogP contribution in [0.5, 0.6) is 0 Å². The Morgan fingerprint density at radius 1 is 1.33 bits per heavy atom. The molecule has 0 bridgehead atoms. The molecule has 1 atom stereocenters. The second-order valence-electron chi connectivity index (χ2n) is 6.29. The van der Waals surface area contributed by atoms with Crippen molar-refractivity contribution in [2.75, 3.05) is 0 Å². The third-order valence-corrected chi connectivity index (χ3v) is 5.31. The summed E-state index contributed by atoms with van der Waals surface area (Å²) in [6.07, 6.45) is 1.51. The number of nitrogens with zero attached hydrogens (tertiary/aromatic N) is 1. The molecule has 1 amide bonds. The van der Waals surface area contributed by atoms with Crippen LogP contribution in [0, 0.1) is 6.92 Å². The van der Waals surface area contributed by atoms with Gasteiger partial charge in [-0.2, -0.15) is 0 Å². The zero-order valence-corrected chi connectivity index (χ0v) is 14.8. The maximum Gasteiger partial charge on any atom is 0.407 e. The lowest BCUT2D eigenvalue weighted by molar-refractivity contribution is 0.124. The summed E-state index contributed by atoms with van der Waals surface area (Å²) in [6.45, 7) is 4.45. The summed E-state index contributed by atoms with van der Waals surface area (Å²) in [5.41, 5.74) is 2.06. The number of ether oxygens (including phenoxy) is 1. The van der Waals surface area contributed by atoms with Crippen LogP contribution in [0.25, 0.3) is 0 Å². The second kappa shape index (κ2) is 7.77. The highest BCUT2D eigenvalue weighted by Gasteiger charge is 2.31. The Bertz CT molecular complexity index is 668. The van der Waals surface area contributed by atoms with Crippen LogP contribution in [0.15, 0.2) is 35.7 Å². The fraction of sp³-hybridized carbons (Fsp3) is 0.444. The minimum absolute atomic E-state index is 0.191. The number of rotatable bonds is 6. The Kier molecular flexibility index (Phi) is 5.48. The van der Waals surface area contributed by atoms with Gasteiger partial charge in [0.25, 0.3) is 0 Å². The quantitative estimate of drug-likeness (QED) is 0.840. The van der Waals surface area contributed by atoms with E-state index in [4.69, 9.17) is 4.74 Å². The summed E-state index contributed by atoms with van der Waals surface area (Å²) >= 11 is 1.69. The lowest BCUT2D eigenvalue weighted by Gasteiger charge is -2.37. The summed E-state index contributed by atoms with van der Waals surface area (Å²) in [7, 11) is 0. The molecule has 1 aliphatic carbocycles. The predicted octanol–water partition coefficient (Wildman–Crippen LogP) is 3.56. The van der Waals surface area contributed by atoms with E-state index in [9.17, 15) is 4.79 Å². The Labute approximate surface area is 146 Å². The number of aromatic nitrogens is 1. The van der Waals surface area contributed by atoms with Gasteiger partial charge in [-0.3, -0.25) is 0 Å². The molecular weight excluding hydrogens is 322 g/mol. The van der Waals surface area contributed by atoms with E-state index in [1.54, 1.807) is 11.3 Å². The smallest absolute Gasteiger partial charge is 0.407 e. The van der Waals surface area contributed by atoms with Crippen molar-refractivity contribution in [3.63, 3.8) is 0 Å². The molecule has 3 rings (SSSR count). The molecule has 2 aromatic rings. The van der Waals surface area contributed by atoms with Crippen LogP contribution in [0.1, 0.15) is 42.1 Å². The van der Waals surface area contributed by atoms with Crippen molar-refractivity contribution in [2.45, 2.75) is 51.4 Å². The largest absolute Gasteiger partial charge is 0.445 e. The number of hydrogen-bond donors (Lipinski definition) is 2. The van der Waals surface area contributed by atoms with Gasteiger partial charge in [0, 0.05) is 23.2 Å². The molecule has 24 heavy (non-hydrogen) atoms. The molecule has 1 aliphatic rings. The standard InChI is InChI=1S/C18H23N3O2S/c1-12-11-24-17(19-12)13(2)20-15-8-16(9-15)21-18(22)23-10-14-6-4-3-5-7-14/h3-7,11,13,15-16,20H,8-10H2,1-2H3,(H,21,22). The van der Waals surface area contributed by atoms with Gasteiger partial charge < -0.3 is 15.4 Å². The highest BCUT2D eigenvalue weighted by molar-refractivity contribution is 7.09. The molecule has 1 aromatic heterocycles. The maximum atomic E-state index is 11.8. The number of hydrogen-bond acceptors (Lipinski definition) is 5. The first-order valence-electron chi connectivity index (χ1n) is 8.25. The molecule has 0 spiro atoms. The molecule has 1 fully saturated rings. The van der Waals surface area contributed by atoms with Crippen LogP contribution in [-0.4, -0.2) is 23.2 Å². The van der Waals surface area contributed by atoms with Gasteiger partial charge in [-0.1, -0.05) is 30.3 Å². The minimum Gasteiger partial charge on any atom is -0.445 e. The number of alkyl carbamates (subject to hydrolysis) is 1. The average molecular weight is 345 g/mol. The topological polar surface area (TPSA) is 63.2 Å². The molecule has 1 aromatic carbocycles. The third kappa shape index (κ3) is 4.55. The Hall–Kier alpha value is -1.92. The summed E-state index contributed by atoms with van der Waals surface area (Å²) in [4.78, 5) is 16.3. The van der Waals surface area contributed by atoms with Crippen LogP contribution in [-0.2, 0) is 11.3 Å². The van der Waals surface area contributed by atoms with E-state index < -0.39 is 0 Å². The fourth-order valence-electron chi connectivity index (χ4n) is 2.80. The third-order valence-electron chi connectivity index (χ3n) is 4.17. The summed E-state index contributed by atoms with van der Waals surface area (Å²) in [5, 5.41) is 9.67. The molecule has 1 heterocycles. The molecule has 0 saturated heterocycles. The summed E-state index contributed by atoms with van der Waals surface area (Å²) in [6, 6.07) is 10.6. The van der Waals surface area contributed by atoms with Gasteiger partial charge in [-0.15, -0.1) is 11.3 Å². The van der Waals surface area contributed by atoms with Crippen LogP contribution in [0.4, 0.5) is 4.79 Å². The van der Waals surface area contributed by atoms with Gasteiger partial charge in [0.2, 0.25) is 0 Å². The lowest BCUT2D eigenvalue weighted by atomic mass is 9.86. The van der Waals surface area contributed by atoms with Gasteiger partial charge in [0.1, 0.15) is 11.6 Å². The van der Waals surface area contributed by atoms with E-state index in [0.29, 0.717) is 12.6 Å². The Morgan fingerprint density at radius 3 is 2.75 bits per heavy atom. The lowest BCUT2D eigenvalue weighted by Crippen LogP contribution is -2.52. The van der Waals surface area contributed by atoms with Crippen LogP contribution < -0.4 is 10.6 Å². The van der Waals surface area contributed by atoms with Gasteiger partial charge in [0.05, 0.1) is 6.04 Å². The molecule has 6 heteroatoms. The van der Waals surface area contributed by atoms with E-state index in [0.717, 1.165) is 29.1 Å². The van der Waals surface area contributed by atoms with Crippen molar-refractivity contribution in [3.05, 3.63) is 52.0 Å². The van der Waals surface area contributed by atoms with E-state index >= 15 is 0 Å². The Balaban J connectivity index is 1.34. The highest BCUT2D eigenvalue weighted by atomic mass is 32.1. The fourth-order valence-corrected chi connectivity index (χ4v) is 3.61. The van der Waals surface area contributed by atoms with E-state index in [2.05, 4.69) is 27.9 Å². The number of carbonyl (C=O) groups excluding carboxylic acids is 1. The SMILES string of the molecule is Cc1csc(C(C)NC2CC(NC(=O)OCc3ccccc3)C2)n1. The maximum absolute atomic E-state index is 11.8. The molecule has 0 aliphatic heterocycles. The zero-order valence-electron chi connectivity index (χ0n) is 14.0. The van der Waals surface area contributed by atoms with Crippen molar-refractivity contribution in [2.24, 2.45) is 0 Å². The van der Waals surface area contributed by atoms with Crippen LogP contribution in [0.3, 0.4) is 0 Å². The summed E-state index contributed by atoms with van der Waals surface area (Å²) < 4.78 is 5.24. The van der Waals surface area contributed by atoms with Gasteiger partial charge in [0.15, 0.2) is 0 Å². The van der Waals surface area contributed by atoms with Crippen molar-refractivity contribution < 1.29 is 9.53 Å². The van der Waals surface area contributed by atoms with E-state index in [1.165, 1.54) is 0 Å². The number of carbonyl (C=O) groups is 1. The van der Waals surface area contributed by atoms with Crippen LogP contribution in [0.2, 0.25) is 0 Å². The first-order valence-corrected chi connectivity index (χ1v) is 9.13. The van der Waals surface area contributed by atoms with Gasteiger partial charge in [-0.25, -0.2) is 9.78 Å². The van der Waals surface area contributed by atoms with Gasteiger partial charge in [-0.05, 0) is 32.3 Å². The predicted molar refractivity (Wildman–Crippen MR) is 95.0 cm³/mol. The summed E-state index contributed by atoms with van der Waals surface area (Å²) in [5.74, 6) is 0. The molecule has 2 N–H and O–H groups in total. The molecule has 1 saturated carbocycles. The number of nitrogens with one attached hydrogen (secondary N) is 2. The average Bonchev–Trinajstić information content (AvgIpc) is 2.98. The van der Waals surface area contributed by atoms with E-state index in [-0.39, 0.29) is 18.2 Å². The number of aryl methyl sites for hydroxylation is 1. The highest BCUT2D eigenvalue weighted by Crippen LogP contribution is 2.25. The first kappa shape index (κ1) is 16.9. The van der Waals surface area contributed by atoms with E-state index in [1.807, 2.05) is 37.3 Å². The number of amides is 1. The molecule has 0 radical (unpaired) electrons. The minimum atomic E-state index is -0.342. The van der Waals surface area contributed by atoms with Crippen molar-refractivity contribution in [1.82, 2.24) is 15.6 Å². The van der Waals surface area contributed by atoms with Gasteiger partial charge >= 0.3 is 6.09 Å². The zero-order chi connectivity index (χ0) is 16.9. The molecule has 5 nitrogen and oxygen atoms in total. The van der Waals surface area contributed by atoms with Crippen molar-refractivity contribution in [3.8, 4) is 0 Å². The number of benzene rings is 1. The second-order valence-corrected chi connectivity index (χ2v) is 7.18. The van der Waals surface area contributed by atoms with Crippen molar-refractivity contribution in [1.29, 1.82) is 0 Å². The van der Waals surface area contributed by atoms with Crippen molar-refractivity contribution >= 4 is 17.4 Å². The number of thiazole rings is 1. The molecular formula is C18H23N3O2S. The Morgan fingerprint density at radius 2 is 2.08 bits per heavy atom.